The Labute approximate surface area is 111 Å². The molecule has 0 N–H and O–H groups in total. The normalized spacial score (nSPS) is 11.5. The van der Waals surface area contributed by atoms with E-state index in [2.05, 4.69) is 51.1 Å². The van der Waals surface area contributed by atoms with Crippen LogP contribution in [0.5, 0.6) is 5.75 Å². The van der Waals surface area contributed by atoms with E-state index in [1.54, 1.807) is 0 Å². The van der Waals surface area contributed by atoms with E-state index in [0.29, 0.717) is 0 Å². The third-order valence-corrected chi connectivity index (χ3v) is 17.2. The fraction of sp³-hybridized carbons (Fsp3) is 0.600. The zero-order valence-electron chi connectivity index (χ0n) is 11.5. The molecule has 1 aromatic carbocycles. The van der Waals surface area contributed by atoms with Crippen molar-refractivity contribution in [1.82, 2.24) is 0 Å². The third-order valence-electron chi connectivity index (χ3n) is 3.19. The second-order valence-electron chi connectivity index (χ2n) is 4.85. The summed E-state index contributed by atoms with van der Waals surface area (Å²) in [5.41, 5.74) is 0. The Morgan fingerprint density at radius 2 is 1.29 bits per heavy atom. The molecule has 0 radical (unpaired) electrons. The van der Waals surface area contributed by atoms with Crippen LogP contribution < -0.4 is 3.07 Å². The Hall–Kier alpha value is -0.181. The van der Waals surface area contributed by atoms with Crippen molar-refractivity contribution in [3.05, 3.63) is 30.3 Å². The Morgan fingerprint density at radius 1 is 0.824 bits per heavy atom. The Morgan fingerprint density at radius 3 is 1.71 bits per heavy atom. The van der Waals surface area contributed by atoms with E-state index in [0.717, 1.165) is 5.75 Å². The summed E-state index contributed by atoms with van der Waals surface area (Å²) in [6, 6.07) is 10.5. The van der Waals surface area contributed by atoms with Gasteiger partial charge in [0, 0.05) is 0 Å². The van der Waals surface area contributed by atoms with Crippen molar-refractivity contribution in [2.45, 2.75) is 53.3 Å². The average Bonchev–Trinajstić information content (AvgIpc) is 2.31. The Kier molecular flexibility index (Phi) is 7.01. The predicted octanol–water partition coefficient (Wildman–Crippen LogP) is 5.24. The van der Waals surface area contributed by atoms with Crippen LogP contribution in [0.25, 0.3) is 0 Å². The van der Waals surface area contributed by atoms with Gasteiger partial charge in [0.2, 0.25) is 0 Å². The topological polar surface area (TPSA) is 9.23 Å². The molecular weight excluding hydrogens is 315 g/mol. The van der Waals surface area contributed by atoms with E-state index in [1.165, 1.54) is 32.6 Å². The van der Waals surface area contributed by atoms with Gasteiger partial charge in [-0.3, -0.25) is 0 Å². The molecule has 0 spiro atoms. The molecule has 2 heteroatoms. The summed E-state index contributed by atoms with van der Waals surface area (Å²) in [5.74, 6) is 1.11. The average molecular weight is 341 g/mol. The Balaban J connectivity index is 2.80. The van der Waals surface area contributed by atoms with Crippen molar-refractivity contribution < 1.29 is 3.07 Å². The molecular formula is C15H26OSn. The molecule has 0 saturated carbocycles. The zero-order valence-corrected chi connectivity index (χ0v) is 14.4. The first kappa shape index (κ1) is 14.9. The van der Waals surface area contributed by atoms with Gasteiger partial charge in [0.05, 0.1) is 0 Å². The third kappa shape index (κ3) is 4.90. The van der Waals surface area contributed by atoms with Gasteiger partial charge in [0.15, 0.2) is 0 Å². The second-order valence-corrected chi connectivity index (χ2v) is 16.5. The second kappa shape index (κ2) is 8.01. The van der Waals surface area contributed by atoms with Gasteiger partial charge in [0.1, 0.15) is 0 Å². The van der Waals surface area contributed by atoms with Crippen LogP contribution in [0.15, 0.2) is 30.3 Å². The van der Waals surface area contributed by atoms with Crippen LogP contribution >= 0.6 is 0 Å². The molecule has 0 aromatic heterocycles. The molecule has 0 aliphatic rings. The quantitative estimate of drug-likeness (QED) is 0.588. The maximum atomic E-state index is 6.53. The molecule has 0 bridgehead atoms. The van der Waals surface area contributed by atoms with Crippen LogP contribution in [-0.4, -0.2) is 18.8 Å². The zero-order chi connectivity index (χ0) is 12.6. The summed E-state index contributed by atoms with van der Waals surface area (Å²) >= 11 is -2.35. The predicted molar refractivity (Wildman–Crippen MR) is 78.1 cm³/mol. The van der Waals surface area contributed by atoms with Gasteiger partial charge in [-0.25, -0.2) is 0 Å². The molecule has 96 valence electrons. The van der Waals surface area contributed by atoms with Crippen LogP contribution in [0.2, 0.25) is 13.3 Å². The first-order valence-corrected chi connectivity index (χ1v) is 14.2. The number of benzene rings is 1. The molecule has 0 saturated heterocycles. The van der Waals surface area contributed by atoms with Crippen LogP contribution in [0.4, 0.5) is 0 Å². The van der Waals surface area contributed by atoms with Gasteiger partial charge in [-0.05, 0) is 0 Å². The molecule has 1 aromatic rings. The fourth-order valence-electron chi connectivity index (χ4n) is 2.63. The van der Waals surface area contributed by atoms with Crippen LogP contribution in [0, 0.1) is 0 Å². The minimum absolute atomic E-state index is 1.11. The van der Waals surface area contributed by atoms with E-state index in [1.807, 2.05) is 0 Å². The summed E-state index contributed by atoms with van der Waals surface area (Å²) in [6.07, 6.45) is 3.84. The van der Waals surface area contributed by atoms with Crippen molar-refractivity contribution in [2.24, 2.45) is 0 Å². The number of para-hydroxylation sites is 1. The van der Waals surface area contributed by atoms with E-state index in [4.69, 9.17) is 3.07 Å². The number of rotatable bonds is 8. The van der Waals surface area contributed by atoms with Gasteiger partial charge in [-0.2, -0.15) is 0 Å². The van der Waals surface area contributed by atoms with Crippen LogP contribution in [-0.2, 0) is 0 Å². The molecule has 0 aliphatic carbocycles. The first-order chi connectivity index (χ1) is 8.26. The van der Waals surface area contributed by atoms with E-state index in [9.17, 15) is 0 Å². The van der Waals surface area contributed by atoms with Crippen molar-refractivity contribution in [3.8, 4) is 5.75 Å². The number of hydrogen-bond donors (Lipinski definition) is 0. The van der Waals surface area contributed by atoms with Crippen molar-refractivity contribution in [3.63, 3.8) is 0 Å². The standard InChI is InChI=1S/C6H6O.3C3H7.Sn/c7-6-4-2-1-3-5-6;3*1-3-2;/h1-5,7H;3*1,3H2,2H3;/q;;;;+1/p-1. The molecule has 0 atom stereocenters. The van der Waals surface area contributed by atoms with Gasteiger partial charge in [-0.15, -0.1) is 0 Å². The van der Waals surface area contributed by atoms with E-state index >= 15 is 0 Å². The Bertz CT molecular complexity index is 280. The molecule has 1 rings (SSSR count). The molecule has 17 heavy (non-hydrogen) atoms. The fourth-order valence-corrected chi connectivity index (χ4v) is 15.3. The van der Waals surface area contributed by atoms with Crippen molar-refractivity contribution >= 4 is 18.8 Å². The summed E-state index contributed by atoms with van der Waals surface area (Å²) in [4.78, 5) is 0. The van der Waals surface area contributed by atoms with Gasteiger partial charge < -0.3 is 0 Å². The molecule has 0 aliphatic heterocycles. The molecule has 0 fully saturated rings. The van der Waals surface area contributed by atoms with Gasteiger partial charge >= 0.3 is 111 Å². The number of hydrogen-bond acceptors (Lipinski definition) is 1. The summed E-state index contributed by atoms with van der Waals surface area (Å²) in [6.45, 7) is 6.89. The first-order valence-electron chi connectivity index (χ1n) is 7.00. The monoisotopic (exact) mass is 342 g/mol. The van der Waals surface area contributed by atoms with Crippen LogP contribution in [0.3, 0.4) is 0 Å². The van der Waals surface area contributed by atoms with Gasteiger partial charge in [0.25, 0.3) is 0 Å². The van der Waals surface area contributed by atoms with E-state index < -0.39 is 18.8 Å². The van der Waals surface area contributed by atoms with Crippen molar-refractivity contribution in [1.29, 1.82) is 0 Å². The molecule has 0 amide bonds. The van der Waals surface area contributed by atoms with Gasteiger partial charge in [-0.1, -0.05) is 0 Å². The SMILES string of the molecule is CC[CH2][Sn]([CH2]CC)([CH2]CC)[O]c1ccccc1. The summed E-state index contributed by atoms with van der Waals surface area (Å²) < 4.78 is 10.6. The molecule has 0 heterocycles. The van der Waals surface area contributed by atoms with Crippen molar-refractivity contribution in [2.75, 3.05) is 0 Å². The molecule has 1 nitrogen and oxygen atoms in total. The van der Waals surface area contributed by atoms with E-state index in [-0.39, 0.29) is 0 Å². The maximum absolute atomic E-state index is 6.53. The minimum atomic E-state index is -2.35. The summed E-state index contributed by atoms with van der Waals surface area (Å²) in [7, 11) is 0. The summed E-state index contributed by atoms with van der Waals surface area (Å²) in [5, 5.41) is 0. The van der Waals surface area contributed by atoms with Crippen LogP contribution in [0.1, 0.15) is 40.0 Å². The molecule has 0 unspecified atom stereocenters.